The van der Waals surface area contributed by atoms with Crippen LogP contribution < -0.4 is 15.6 Å². The number of methoxy groups -OCH3 is 1. The van der Waals surface area contributed by atoms with E-state index in [4.69, 9.17) is 9.26 Å². The standard InChI is InChI=1S/C31H37N5O5/c1-18-15-27(40-5)25(30(38)33-18)17-32-31(39)29-21(4)36(26-9-7-6-8-24(26)29)20(3)22-10-12-35(13-11-22)28(37)16-23-14-19(2)34-41-23/h6-9,14-15,20,22H,10-13,16-17H2,1-5H3,(H,32,39)(H,33,38). The molecule has 41 heavy (non-hydrogen) atoms. The Morgan fingerprint density at radius 1 is 1.17 bits per heavy atom. The van der Waals surface area contributed by atoms with Gasteiger partial charge in [-0.15, -0.1) is 0 Å². The molecule has 1 fully saturated rings. The van der Waals surface area contributed by atoms with Crippen LogP contribution >= 0.6 is 0 Å². The van der Waals surface area contributed by atoms with Crippen molar-refractivity contribution in [1.29, 1.82) is 0 Å². The molecular formula is C31H37N5O5. The summed E-state index contributed by atoms with van der Waals surface area (Å²) in [6, 6.07) is 11.6. The van der Waals surface area contributed by atoms with Crippen LogP contribution in [0.1, 0.15) is 64.6 Å². The van der Waals surface area contributed by atoms with E-state index >= 15 is 0 Å². The van der Waals surface area contributed by atoms with Gasteiger partial charge in [0.05, 0.1) is 36.9 Å². The van der Waals surface area contributed by atoms with Crippen molar-refractivity contribution < 1.29 is 18.8 Å². The first-order valence-electron chi connectivity index (χ1n) is 14.0. The largest absolute Gasteiger partial charge is 0.496 e. The van der Waals surface area contributed by atoms with E-state index in [1.54, 1.807) is 19.1 Å². The van der Waals surface area contributed by atoms with Crippen molar-refractivity contribution in [2.75, 3.05) is 20.2 Å². The van der Waals surface area contributed by atoms with Gasteiger partial charge in [0, 0.05) is 47.5 Å². The minimum atomic E-state index is -0.282. The number of amides is 2. The van der Waals surface area contributed by atoms with Crippen LogP contribution in [0.2, 0.25) is 0 Å². The summed E-state index contributed by atoms with van der Waals surface area (Å²) >= 11 is 0. The minimum absolute atomic E-state index is 0.0479. The third-order valence-electron chi connectivity index (χ3n) is 8.24. The second-order valence-corrected chi connectivity index (χ2v) is 10.9. The molecule has 2 amide bonds. The maximum Gasteiger partial charge on any atom is 0.256 e. The number of nitrogens with zero attached hydrogens (tertiary/aromatic N) is 3. The summed E-state index contributed by atoms with van der Waals surface area (Å²) in [6.07, 6.45) is 1.96. The number of para-hydroxylation sites is 1. The molecule has 3 aromatic heterocycles. The molecule has 10 heteroatoms. The first-order chi connectivity index (χ1) is 19.7. The van der Waals surface area contributed by atoms with Crippen LogP contribution in [-0.4, -0.2) is 51.6 Å². The SMILES string of the molecule is COc1cc(C)[nH]c(=O)c1CNC(=O)c1c(C)n(C(C)C2CCN(C(=O)Cc3cc(C)no3)CC2)c2ccccc12. The molecule has 0 bridgehead atoms. The maximum atomic E-state index is 13.6. The first-order valence-corrected chi connectivity index (χ1v) is 14.0. The first kappa shape index (κ1) is 28.2. The highest BCUT2D eigenvalue weighted by Crippen LogP contribution is 2.36. The lowest BCUT2D eigenvalue weighted by Crippen LogP contribution is -2.40. The number of aromatic nitrogens is 3. The van der Waals surface area contributed by atoms with E-state index in [1.165, 1.54) is 7.11 Å². The molecule has 4 aromatic rings. The Bertz CT molecular complexity index is 1640. The van der Waals surface area contributed by atoms with Gasteiger partial charge in [-0.2, -0.15) is 0 Å². The van der Waals surface area contributed by atoms with Gasteiger partial charge < -0.3 is 29.0 Å². The van der Waals surface area contributed by atoms with Gasteiger partial charge in [-0.3, -0.25) is 14.4 Å². The summed E-state index contributed by atoms with van der Waals surface area (Å²) in [7, 11) is 1.51. The fourth-order valence-corrected chi connectivity index (χ4v) is 6.10. The fraction of sp³-hybridized carbons (Fsp3) is 0.419. The Morgan fingerprint density at radius 3 is 2.59 bits per heavy atom. The molecule has 10 nitrogen and oxygen atoms in total. The summed E-state index contributed by atoms with van der Waals surface area (Å²) in [4.78, 5) is 43.6. The van der Waals surface area contributed by atoms with Gasteiger partial charge in [-0.05, 0) is 58.6 Å². The predicted molar refractivity (Wildman–Crippen MR) is 155 cm³/mol. The number of rotatable bonds is 8. The number of H-pyrrole nitrogens is 1. The van der Waals surface area contributed by atoms with Crippen molar-refractivity contribution in [3.63, 3.8) is 0 Å². The molecule has 1 unspecified atom stereocenters. The van der Waals surface area contributed by atoms with Gasteiger partial charge in [0.1, 0.15) is 11.5 Å². The van der Waals surface area contributed by atoms with Crippen LogP contribution in [0.5, 0.6) is 5.75 Å². The average molecular weight is 560 g/mol. The highest BCUT2D eigenvalue weighted by Gasteiger charge is 2.31. The highest BCUT2D eigenvalue weighted by molar-refractivity contribution is 6.08. The van der Waals surface area contributed by atoms with Crippen LogP contribution in [0.15, 0.2) is 45.7 Å². The Balaban J connectivity index is 1.32. The second kappa shape index (κ2) is 11.6. The zero-order valence-corrected chi connectivity index (χ0v) is 24.2. The number of fused-ring (bicyclic) bond motifs is 1. The number of ether oxygens (including phenoxy) is 1. The molecule has 1 saturated heterocycles. The summed E-state index contributed by atoms with van der Waals surface area (Å²) in [6.45, 7) is 9.20. The molecule has 1 aromatic carbocycles. The zero-order valence-electron chi connectivity index (χ0n) is 24.2. The Labute approximate surface area is 238 Å². The van der Waals surface area contributed by atoms with Crippen LogP contribution in [0, 0.1) is 26.7 Å². The van der Waals surface area contributed by atoms with E-state index < -0.39 is 0 Å². The summed E-state index contributed by atoms with van der Waals surface area (Å²) in [5.74, 6) is 1.19. The highest BCUT2D eigenvalue weighted by atomic mass is 16.5. The third kappa shape index (κ3) is 5.64. The Hall–Kier alpha value is -4.34. The maximum absolute atomic E-state index is 13.6. The molecule has 2 N–H and O–H groups in total. The number of aryl methyl sites for hydroxylation is 2. The second-order valence-electron chi connectivity index (χ2n) is 10.9. The number of nitrogens with one attached hydrogen (secondary N) is 2. The van der Waals surface area contributed by atoms with E-state index in [2.05, 4.69) is 26.9 Å². The molecule has 1 atom stereocenters. The van der Waals surface area contributed by atoms with Gasteiger partial charge in [0.2, 0.25) is 5.91 Å². The molecule has 4 heterocycles. The molecule has 1 aliphatic heterocycles. The van der Waals surface area contributed by atoms with Crippen molar-refractivity contribution in [3.8, 4) is 5.75 Å². The molecule has 0 aliphatic carbocycles. The lowest BCUT2D eigenvalue weighted by atomic mass is 9.89. The lowest BCUT2D eigenvalue weighted by molar-refractivity contribution is -0.132. The van der Waals surface area contributed by atoms with E-state index in [-0.39, 0.29) is 36.4 Å². The van der Waals surface area contributed by atoms with Crippen LogP contribution in [0.25, 0.3) is 10.9 Å². The molecule has 0 spiro atoms. The van der Waals surface area contributed by atoms with E-state index in [0.29, 0.717) is 47.3 Å². The number of hydrogen-bond donors (Lipinski definition) is 2. The van der Waals surface area contributed by atoms with Crippen LogP contribution in [0.3, 0.4) is 0 Å². The number of carbonyl (C=O) groups excluding carboxylic acids is 2. The number of hydrogen-bond acceptors (Lipinski definition) is 6. The molecule has 5 rings (SSSR count). The number of pyridine rings is 1. The van der Waals surface area contributed by atoms with Gasteiger partial charge in [-0.25, -0.2) is 0 Å². The van der Waals surface area contributed by atoms with Crippen molar-refractivity contribution >= 4 is 22.7 Å². The van der Waals surface area contributed by atoms with Crippen molar-refractivity contribution in [2.45, 2.75) is 59.5 Å². The molecule has 216 valence electrons. The third-order valence-corrected chi connectivity index (χ3v) is 8.24. The minimum Gasteiger partial charge on any atom is -0.496 e. The van der Waals surface area contributed by atoms with Gasteiger partial charge in [0.15, 0.2) is 0 Å². The number of piperidine rings is 1. The van der Waals surface area contributed by atoms with Crippen LogP contribution in [-0.2, 0) is 17.8 Å². The van der Waals surface area contributed by atoms with Crippen LogP contribution in [0.4, 0.5) is 0 Å². The smallest absolute Gasteiger partial charge is 0.256 e. The van der Waals surface area contributed by atoms with Gasteiger partial charge in [-0.1, -0.05) is 23.4 Å². The molecule has 1 aliphatic rings. The van der Waals surface area contributed by atoms with Crippen molar-refractivity contribution in [1.82, 2.24) is 24.9 Å². The van der Waals surface area contributed by atoms with Crippen molar-refractivity contribution in [3.05, 3.63) is 80.7 Å². The molecular weight excluding hydrogens is 522 g/mol. The normalized spacial score (nSPS) is 14.8. The Morgan fingerprint density at radius 2 is 1.90 bits per heavy atom. The number of carbonyl (C=O) groups is 2. The summed E-state index contributed by atoms with van der Waals surface area (Å²) in [5, 5.41) is 7.69. The monoisotopic (exact) mass is 559 g/mol. The van der Waals surface area contributed by atoms with Gasteiger partial charge in [0.25, 0.3) is 11.5 Å². The zero-order chi connectivity index (χ0) is 29.3. The van der Waals surface area contributed by atoms with E-state index in [1.807, 2.05) is 43.0 Å². The number of benzene rings is 1. The fourth-order valence-electron chi connectivity index (χ4n) is 6.10. The topological polar surface area (TPSA) is 122 Å². The summed E-state index contributed by atoms with van der Waals surface area (Å²) in [5.41, 5.74) is 4.02. The molecule has 0 saturated carbocycles. The lowest BCUT2D eigenvalue weighted by Gasteiger charge is -2.36. The number of likely N-dealkylation sites (tertiary alicyclic amines) is 1. The number of aromatic amines is 1. The average Bonchev–Trinajstić information content (AvgIpc) is 3.50. The quantitative estimate of drug-likeness (QED) is 0.333. The Kier molecular flexibility index (Phi) is 8.01. The van der Waals surface area contributed by atoms with E-state index in [9.17, 15) is 14.4 Å². The van der Waals surface area contributed by atoms with Gasteiger partial charge >= 0.3 is 0 Å². The van der Waals surface area contributed by atoms with Crippen molar-refractivity contribution in [2.24, 2.45) is 5.92 Å². The summed E-state index contributed by atoms with van der Waals surface area (Å²) < 4.78 is 12.9. The predicted octanol–water partition coefficient (Wildman–Crippen LogP) is 4.22. The molecule has 0 radical (unpaired) electrons. The van der Waals surface area contributed by atoms with E-state index in [0.717, 1.165) is 35.1 Å².